The van der Waals surface area contributed by atoms with Gasteiger partial charge in [0.05, 0.1) is 11.1 Å². The number of benzene rings is 1. The molecule has 1 aliphatic heterocycles. The van der Waals surface area contributed by atoms with Crippen LogP contribution in [0.3, 0.4) is 0 Å². The van der Waals surface area contributed by atoms with Gasteiger partial charge in [-0.15, -0.1) is 0 Å². The SMILES string of the molecule is CCCCCCn1c(O)c(C2=NC(=S)NC2=O)c2ccccc21. The number of hydrogen-bond donors (Lipinski definition) is 2. The summed E-state index contributed by atoms with van der Waals surface area (Å²) >= 11 is 4.94. The number of aryl methyl sites for hydroxylation is 1. The largest absolute Gasteiger partial charge is 0.494 e. The molecule has 0 unspecified atom stereocenters. The van der Waals surface area contributed by atoms with E-state index in [1.54, 1.807) is 0 Å². The fraction of sp³-hybridized carbons (Fsp3) is 0.353. The summed E-state index contributed by atoms with van der Waals surface area (Å²) in [6, 6.07) is 7.65. The van der Waals surface area contributed by atoms with Crippen molar-refractivity contribution in [3.8, 4) is 5.88 Å². The number of amides is 1. The van der Waals surface area contributed by atoms with Crippen molar-refractivity contribution >= 4 is 39.9 Å². The molecule has 1 amide bonds. The summed E-state index contributed by atoms with van der Waals surface area (Å²) in [6.07, 6.45) is 4.44. The van der Waals surface area contributed by atoms with Crippen LogP contribution < -0.4 is 5.32 Å². The van der Waals surface area contributed by atoms with Crippen LogP contribution in [0, 0.1) is 0 Å². The lowest BCUT2D eigenvalue weighted by Gasteiger charge is -2.07. The highest BCUT2D eigenvalue weighted by molar-refractivity contribution is 7.80. The zero-order chi connectivity index (χ0) is 16.4. The number of hydrogen-bond acceptors (Lipinski definition) is 3. The summed E-state index contributed by atoms with van der Waals surface area (Å²) < 4.78 is 1.86. The predicted octanol–water partition coefficient (Wildman–Crippen LogP) is 3.13. The molecule has 3 rings (SSSR count). The van der Waals surface area contributed by atoms with Crippen molar-refractivity contribution in [2.45, 2.75) is 39.2 Å². The van der Waals surface area contributed by atoms with Gasteiger partial charge in [0.15, 0.2) is 0 Å². The highest BCUT2D eigenvalue weighted by atomic mass is 32.1. The second kappa shape index (κ2) is 6.50. The van der Waals surface area contributed by atoms with Crippen LogP contribution in [0.15, 0.2) is 29.3 Å². The lowest BCUT2D eigenvalue weighted by Crippen LogP contribution is -2.25. The first kappa shape index (κ1) is 15.7. The number of aromatic hydroxyl groups is 1. The minimum atomic E-state index is -0.362. The smallest absolute Gasteiger partial charge is 0.277 e. The van der Waals surface area contributed by atoms with E-state index in [1.165, 1.54) is 6.42 Å². The van der Waals surface area contributed by atoms with E-state index >= 15 is 0 Å². The zero-order valence-electron chi connectivity index (χ0n) is 13.0. The highest BCUT2D eigenvalue weighted by Gasteiger charge is 2.29. The van der Waals surface area contributed by atoms with Gasteiger partial charge < -0.3 is 9.67 Å². The van der Waals surface area contributed by atoms with E-state index in [0.717, 1.165) is 30.2 Å². The van der Waals surface area contributed by atoms with Crippen LogP contribution >= 0.6 is 12.2 Å². The summed E-state index contributed by atoms with van der Waals surface area (Å²) in [5, 5.41) is 14.1. The Morgan fingerprint density at radius 3 is 2.74 bits per heavy atom. The number of thiocarbonyl (C=S) groups is 1. The number of nitrogens with one attached hydrogen (secondary N) is 1. The van der Waals surface area contributed by atoms with Crippen LogP contribution in [-0.4, -0.2) is 26.4 Å². The van der Waals surface area contributed by atoms with E-state index < -0.39 is 0 Å². The molecule has 0 saturated heterocycles. The van der Waals surface area contributed by atoms with Crippen molar-refractivity contribution in [3.05, 3.63) is 29.8 Å². The van der Waals surface area contributed by atoms with Crippen molar-refractivity contribution in [1.82, 2.24) is 9.88 Å². The average Bonchev–Trinajstić information content (AvgIpc) is 3.00. The Kier molecular flexibility index (Phi) is 4.43. The van der Waals surface area contributed by atoms with Crippen LogP contribution in [0.1, 0.15) is 38.2 Å². The first-order chi connectivity index (χ1) is 11.1. The normalized spacial score (nSPS) is 14.4. The van der Waals surface area contributed by atoms with E-state index in [1.807, 2.05) is 28.8 Å². The van der Waals surface area contributed by atoms with E-state index in [-0.39, 0.29) is 22.6 Å². The third-order valence-electron chi connectivity index (χ3n) is 4.06. The molecule has 1 aromatic heterocycles. The molecule has 1 aliphatic rings. The van der Waals surface area contributed by atoms with Gasteiger partial charge in [-0.05, 0) is 24.7 Å². The first-order valence-corrected chi connectivity index (χ1v) is 8.29. The molecule has 0 radical (unpaired) electrons. The van der Waals surface area contributed by atoms with Crippen LogP contribution in [0.5, 0.6) is 5.88 Å². The summed E-state index contributed by atoms with van der Waals surface area (Å²) in [7, 11) is 0. The monoisotopic (exact) mass is 329 g/mol. The topological polar surface area (TPSA) is 66.6 Å². The number of unbranched alkanes of at least 4 members (excludes halogenated alkanes) is 3. The Balaban J connectivity index is 2.05. The van der Waals surface area contributed by atoms with Gasteiger partial charge in [-0.25, -0.2) is 4.99 Å². The van der Waals surface area contributed by atoms with Crippen LogP contribution in [0.4, 0.5) is 0 Å². The van der Waals surface area contributed by atoms with Crippen LogP contribution in [0.2, 0.25) is 0 Å². The lowest BCUT2D eigenvalue weighted by atomic mass is 10.1. The Labute approximate surface area is 140 Å². The second-order valence-corrected chi connectivity index (χ2v) is 6.03. The number of nitrogens with zero attached hydrogens (tertiary/aromatic N) is 2. The number of carbonyl (C=O) groups excluding carboxylic acids is 1. The molecule has 2 heterocycles. The van der Waals surface area contributed by atoms with Gasteiger partial charge in [0.25, 0.3) is 5.91 Å². The number of para-hydroxylation sites is 1. The fourth-order valence-electron chi connectivity index (χ4n) is 2.95. The number of aromatic nitrogens is 1. The van der Waals surface area contributed by atoms with Crippen molar-refractivity contribution in [2.24, 2.45) is 4.99 Å². The Bertz CT molecular complexity index is 808. The molecule has 0 saturated carbocycles. The summed E-state index contributed by atoms with van der Waals surface area (Å²) in [5.74, 6) is -0.277. The van der Waals surface area contributed by atoms with Crippen molar-refractivity contribution in [2.75, 3.05) is 0 Å². The van der Waals surface area contributed by atoms with Gasteiger partial charge >= 0.3 is 0 Å². The van der Waals surface area contributed by atoms with Gasteiger partial charge in [0.1, 0.15) is 5.71 Å². The summed E-state index contributed by atoms with van der Waals surface area (Å²) in [5.41, 5.74) is 1.56. The molecule has 120 valence electrons. The summed E-state index contributed by atoms with van der Waals surface area (Å²) in [6.45, 7) is 2.88. The Morgan fingerprint density at radius 2 is 2.04 bits per heavy atom. The van der Waals surface area contributed by atoms with E-state index in [0.29, 0.717) is 12.1 Å². The summed E-state index contributed by atoms with van der Waals surface area (Å²) in [4.78, 5) is 16.1. The third-order valence-corrected chi connectivity index (χ3v) is 4.26. The van der Waals surface area contributed by atoms with Crippen molar-refractivity contribution < 1.29 is 9.90 Å². The predicted molar refractivity (Wildman–Crippen MR) is 95.0 cm³/mol. The molecular weight excluding hydrogens is 310 g/mol. The molecule has 0 bridgehead atoms. The quantitative estimate of drug-likeness (QED) is 0.632. The maximum atomic E-state index is 12.0. The van der Waals surface area contributed by atoms with Gasteiger partial charge in [0.2, 0.25) is 11.0 Å². The maximum absolute atomic E-state index is 12.0. The van der Waals surface area contributed by atoms with Crippen molar-refractivity contribution in [1.29, 1.82) is 0 Å². The van der Waals surface area contributed by atoms with Crippen LogP contribution in [0.25, 0.3) is 10.9 Å². The first-order valence-electron chi connectivity index (χ1n) is 7.88. The van der Waals surface area contributed by atoms with E-state index in [4.69, 9.17) is 12.2 Å². The van der Waals surface area contributed by atoms with Crippen molar-refractivity contribution in [3.63, 3.8) is 0 Å². The Morgan fingerprint density at radius 1 is 1.26 bits per heavy atom. The van der Waals surface area contributed by atoms with Crippen LogP contribution in [-0.2, 0) is 11.3 Å². The van der Waals surface area contributed by atoms with Gasteiger partial charge in [-0.1, -0.05) is 44.4 Å². The minimum Gasteiger partial charge on any atom is -0.494 e. The molecule has 2 aromatic rings. The second-order valence-electron chi connectivity index (χ2n) is 5.65. The minimum absolute atomic E-state index is 0.0845. The van der Waals surface area contributed by atoms with E-state index in [9.17, 15) is 9.90 Å². The fourth-order valence-corrected chi connectivity index (χ4v) is 3.14. The molecule has 0 fully saturated rings. The molecular formula is C17H19N3O2S. The van der Waals surface area contributed by atoms with Gasteiger partial charge in [0, 0.05) is 11.9 Å². The van der Waals surface area contributed by atoms with Gasteiger partial charge in [-0.2, -0.15) is 0 Å². The number of aliphatic imine (C=N–C) groups is 1. The standard InChI is InChI=1S/C17H19N3O2S/c1-2-3-4-7-10-20-12-9-6-5-8-11(12)13(16(20)22)14-15(21)19-17(23)18-14/h5-6,8-9,22H,2-4,7,10H2,1H3,(H,19,21,23). The molecule has 5 nitrogen and oxygen atoms in total. The zero-order valence-corrected chi connectivity index (χ0v) is 13.8. The maximum Gasteiger partial charge on any atom is 0.277 e. The molecule has 1 aromatic carbocycles. The highest BCUT2D eigenvalue weighted by Crippen LogP contribution is 2.33. The van der Waals surface area contributed by atoms with E-state index in [2.05, 4.69) is 17.2 Å². The van der Waals surface area contributed by atoms with Gasteiger partial charge in [-0.3, -0.25) is 10.1 Å². The molecule has 23 heavy (non-hydrogen) atoms. The molecule has 0 aliphatic carbocycles. The molecule has 2 N–H and O–H groups in total. The molecule has 0 spiro atoms. The third kappa shape index (κ3) is 2.86. The lowest BCUT2D eigenvalue weighted by molar-refractivity contribution is -0.113. The number of fused-ring (bicyclic) bond motifs is 1. The number of rotatable bonds is 6. The molecule has 6 heteroatoms. The average molecular weight is 329 g/mol. The number of carbonyl (C=O) groups is 1. The Hall–Kier alpha value is -2.21. The molecule has 0 atom stereocenters.